The molecule has 1 aromatic rings. The number of ether oxygens (including phenoxy) is 1. The van der Waals surface area contributed by atoms with Gasteiger partial charge in [0.15, 0.2) is 5.54 Å². The summed E-state index contributed by atoms with van der Waals surface area (Å²) in [5.41, 5.74) is 0.191. The van der Waals surface area contributed by atoms with E-state index in [1.165, 1.54) is 0 Å². The molecule has 1 unspecified atom stereocenters. The predicted octanol–water partition coefficient (Wildman–Crippen LogP) is 2.89. The Kier molecular flexibility index (Phi) is 4.90. The zero-order valence-electron chi connectivity index (χ0n) is 11.2. The lowest BCUT2D eigenvalue weighted by Gasteiger charge is -2.24. The second-order valence-electron chi connectivity index (χ2n) is 4.87. The Morgan fingerprint density at radius 2 is 1.95 bits per heavy atom. The minimum Gasteiger partial charge on any atom is -0.479 e. The second-order valence-corrected chi connectivity index (χ2v) is 6.58. The zero-order chi connectivity index (χ0) is 15.6. The maximum absolute atomic E-state index is 12.1. The standard InChI is InChI=1S/C13H14Br2N2O4/c1-7-4-8(14)10(9(15)5-7)16-12(20)17-13(11(18)19)2-3-21-6-13/h4-5H,2-3,6H2,1H3,(H,18,19)(H2,16,17,20). The number of rotatable bonds is 3. The van der Waals surface area contributed by atoms with E-state index in [1.54, 1.807) is 0 Å². The number of carboxylic acid groups (broad SMARTS) is 1. The molecular weight excluding hydrogens is 408 g/mol. The fourth-order valence-electron chi connectivity index (χ4n) is 2.07. The summed E-state index contributed by atoms with van der Waals surface area (Å²) in [5.74, 6) is -1.10. The summed E-state index contributed by atoms with van der Waals surface area (Å²) < 4.78 is 6.50. The molecule has 21 heavy (non-hydrogen) atoms. The molecule has 3 N–H and O–H groups in total. The van der Waals surface area contributed by atoms with Crippen LogP contribution < -0.4 is 10.6 Å². The molecule has 1 heterocycles. The molecule has 1 aromatic carbocycles. The van der Waals surface area contributed by atoms with Gasteiger partial charge in [0.2, 0.25) is 0 Å². The topological polar surface area (TPSA) is 87.7 Å². The molecule has 0 spiro atoms. The number of amides is 2. The Hall–Kier alpha value is -1.12. The molecule has 0 bridgehead atoms. The van der Waals surface area contributed by atoms with Crippen molar-refractivity contribution in [2.45, 2.75) is 18.9 Å². The number of halogens is 2. The van der Waals surface area contributed by atoms with Gasteiger partial charge in [0.05, 0.1) is 12.3 Å². The highest BCUT2D eigenvalue weighted by atomic mass is 79.9. The van der Waals surface area contributed by atoms with Gasteiger partial charge in [0.1, 0.15) is 0 Å². The van der Waals surface area contributed by atoms with Crippen LogP contribution in [0.25, 0.3) is 0 Å². The van der Waals surface area contributed by atoms with E-state index in [2.05, 4.69) is 42.5 Å². The Morgan fingerprint density at radius 3 is 2.43 bits per heavy atom. The largest absolute Gasteiger partial charge is 0.479 e. The number of carbonyl (C=O) groups is 2. The first-order valence-corrected chi connectivity index (χ1v) is 7.78. The molecule has 1 aliphatic rings. The maximum atomic E-state index is 12.1. The lowest BCUT2D eigenvalue weighted by molar-refractivity contribution is -0.144. The van der Waals surface area contributed by atoms with Crippen molar-refractivity contribution in [1.29, 1.82) is 0 Å². The third kappa shape index (κ3) is 3.56. The number of nitrogens with one attached hydrogen (secondary N) is 2. The van der Waals surface area contributed by atoms with Crippen LogP contribution in [-0.4, -0.2) is 35.9 Å². The smallest absolute Gasteiger partial charge is 0.332 e. The Bertz CT molecular complexity index is 563. The quantitative estimate of drug-likeness (QED) is 0.700. The fraction of sp³-hybridized carbons (Fsp3) is 0.385. The van der Waals surface area contributed by atoms with Crippen LogP contribution in [0.4, 0.5) is 10.5 Å². The summed E-state index contributed by atoms with van der Waals surface area (Å²) in [4.78, 5) is 23.4. The van der Waals surface area contributed by atoms with Crippen LogP contribution in [-0.2, 0) is 9.53 Å². The molecule has 2 rings (SSSR count). The van der Waals surface area contributed by atoms with Crippen LogP contribution in [0.15, 0.2) is 21.1 Å². The molecule has 0 saturated carbocycles. The molecule has 6 nitrogen and oxygen atoms in total. The normalized spacial score (nSPS) is 21.1. The van der Waals surface area contributed by atoms with E-state index in [0.717, 1.165) is 5.56 Å². The van der Waals surface area contributed by atoms with Gasteiger partial charge in [-0.1, -0.05) is 0 Å². The average Bonchev–Trinajstić information content (AvgIpc) is 2.83. The summed E-state index contributed by atoms with van der Waals surface area (Å²) >= 11 is 6.74. The third-order valence-electron chi connectivity index (χ3n) is 3.21. The third-order valence-corrected chi connectivity index (χ3v) is 4.46. The van der Waals surface area contributed by atoms with Crippen molar-refractivity contribution in [2.24, 2.45) is 0 Å². The Balaban J connectivity index is 2.14. The van der Waals surface area contributed by atoms with Crippen LogP contribution in [0.3, 0.4) is 0 Å². The van der Waals surface area contributed by atoms with Crippen molar-refractivity contribution in [3.8, 4) is 0 Å². The summed E-state index contributed by atoms with van der Waals surface area (Å²) in [6.07, 6.45) is 0.242. The van der Waals surface area contributed by atoms with Gasteiger partial charge in [-0.25, -0.2) is 9.59 Å². The number of urea groups is 1. The van der Waals surface area contributed by atoms with Crippen molar-refractivity contribution in [2.75, 3.05) is 18.5 Å². The van der Waals surface area contributed by atoms with Gasteiger partial charge in [-0.15, -0.1) is 0 Å². The fourth-order valence-corrected chi connectivity index (χ4v) is 3.68. The van der Waals surface area contributed by atoms with Crippen LogP contribution in [0.2, 0.25) is 0 Å². The first kappa shape index (κ1) is 16.3. The van der Waals surface area contributed by atoms with Crippen molar-refractivity contribution in [3.05, 3.63) is 26.6 Å². The SMILES string of the molecule is Cc1cc(Br)c(NC(=O)NC2(C(=O)O)CCOC2)c(Br)c1. The molecule has 0 radical (unpaired) electrons. The Morgan fingerprint density at radius 1 is 1.33 bits per heavy atom. The van der Waals surface area contributed by atoms with E-state index in [4.69, 9.17) is 4.74 Å². The van der Waals surface area contributed by atoms with E-state index in [0.29, 0.717) is 21.2 Å². The van der Waals surface area contributed by atoms with Crippen LogP contribution >= 0.6 is 31.9 Å². The van der Waals surface area contributed by atoms with Crippen molar-refractivity contribution < 1.29 is 19.4 Å². The molecule has 1 saturated heterocycles. The first-order valence-electron chi connectivity index (χ1n) is 6.20. The molecule has 1 aliphatic heterocycles. The summed E-state index contributed by atoms with van der Waals surface area (Å²) in [6.45, 7) is 2.20. The molecule has 1 atom stereocenters. The van der Waals surface area contributed by atoms with Crippen molar-refractivity contribution in [1.82, 2.24) is 5.32 Å². The van der Waals surface area contributed by atoms with Gasteiger partial charge in [0.25, 0.3) is 0 Å². The number of aryl methyl sites for hydroxylation is 1. The van der Waals surface area contributed by atoms with E-state index >= 15 is 0 Å². The lowest BCUT2D eigenvalue weighted by Crippen LogP contribution is -2.56. The van der Waals surface area contributed by atoms with E-state index in [1.807, 2.05) is 19.1 Å². The van der Waals surface area contributed by atoms with Gasteiger partial charge in [-0.3, -0.25) is 0 Å². The molecule has 0 aliphatic carbocycles. The first-order chi connectivity index (χ1) is 9.84. The van der Waals surface area contributed by atoms with Crippen molar-refractivity contribution in [3.63, 3.8) is 0 Å². The number of carboxylic acids is 1. The minimum atomic E-state index is -1.37. The number of hydrogen-bond donors (Lipinski definition) is 3. The summed E-state index contributed by atoms with van der Waals surface area (Å²) in [5, 5.41) is 14.4. The average molecular weight is 422 g/mol. The number of carbonyl (C=O) groups excluding carboxylic acids is 1. The minimum absolute atomic E-state index is 0.0357. The molecular formula is C13H14Br2N2O4. The van der Waals surface area contributed by atoms with E-state index < -0.39 is 17.5 Å². The van der Waals surface area contributed by atoms with Gasteiger partial charge >= 0.3 is 12.0 Å². The number of benzene rings is 1. The Labute approximate surface area is 138 Å². The molecule has 1 fully saturated rings. The number of aliphatic carboxylic acids is 1. The van der Waals surface area contributed by atoms with Gasteiger partial charge in [-0.05, 0) is 56.5 Å². The second kappa shape index (κ2) is 6.33. The zero-order valence-corrected chi connectivity index (χ0v) is 14.4. The van der Waals surface area contributed by atoms with Gasteiger partial charge < -0.3 is 20.5 Å². The highest BCUT2D eigenvalue weighted by molar-refractivity contribution is 9.11. The molecule has 114 valence electrons. The van der Waals surface area contributed by atoms with Gasteiger partial charge in [0, 0.05) is 22.0 Å². The highest BCUT2D eigenvalue weighted by Crippen LogP contribution is 2.32. The highest BCUT2D eigenvalue weighted by Gasteiger charge is 2.44. The molecule has 2 amide bonds. The van der Waals surface area contributed by atoms with Crippen LogP contribution in [0.1, 0.15) is 12.0 Å². The monoisotopic (exact) mass is 420 g/mol. The molecule has 0 aromatic heterocycles. The summed E-state index contributed by atoms with van der Waals surface area (Å²) in [6, 6.07) is 3.12. The van der Waals surface area contributed by atoms with E-state index in [9.17, 15) is 14.7 Å². The number of hydrogen-bond acceptors (Lipinski definition) is 3. The predicted molar refractivity (Wildman–Crippen MR) is 84.5 cm³/mol. The molecule has 8 heteroatoms. The van der Waals surface area contributed by atoms with Crippen molar-refractivity contribution >= 4 is 49.5 Å². The van der Waals surface area contributed by atoms with E-state index in [-0.39, 0.29) is 13.0 Å². The number of anilines is 1. The summed E-state index contributed by atoms with van der Waals surface area (Å²) in [7, 11) is 0. The van der Waals surface area contributed by atoms with Gasteiger partial charge in [-0.2, -0.15) is 0 Å². The van der Waals surface area contributed by atoms with Crippen LogP contribution in [0, 0.1) is 6.92 Å². The lowest BCUT2D eigenvalue weighted by atomic mass is 9.99. The van der Waals surface area contributed by atoms with Crippen LogP contribution in [0.5, 0.6) is 0 Å². The maximum Gasteiger partial charge on any atom is 0.332 e.